The molecular weight excluding hydrogens is 400 g/mol. The lowest BCUT2D eigenvalue weighted by Crippen LogP contribution is -2.36. The van der Waals surface area contributed by atoms with E-state index in [1.54, 1.807) is 29.3 Å². The second kappa shape index (κ2) is 9.07. The zero-order valence-electron chi connectivity index (χ0n) is 15.2. The van der Waals surface area contributed by atoms with E-state index >= 15 is 0 Å². The van der Waals surface area contributed by atoms with Crippen LogP contribution >= 0.6 is 23.1 Å². The van der Waals surface area contributed by atoms with Crippen LogP contribution in [0.15, 0.2) is 34.7 Å². The van der Waals surface area contributed by atoms with Gasteiger partial charge in [0.25, 0.3) is 0 Å². The average molecular weight is 421 g/mol. The van der Waals surface area contributed by atoms with Crippen molar-refractivity contribution in [2.75, 3.05) is 27.8 Å². The molecule has 1 heterocycles. The van der Waals surface area contributed by atoms with E-state index in [0.29, 0.717) is 29.0 Å². The molecule has 0 aliphatic heterocycles. The number of thioether (sulfide) groups is 1. The molecule has 0 bridgehead atoms. The molecule has 0 saturated heterocycles. The first kappa shape index (κ1) is 20.2. The number of hydrogen-bond donors (Lipinski definition) is 3. The molecule has 0 radical (unpaired) electrons. The van der Waals surface area contributed by atoms with Crippen LogP contribution in [0.2, 0.25) is 0 Å². The minimum Gasteiger partial charge on any atom is -0.481 e. The minimum atomic E-state index is -0.904. The van der Waals surface area contributed by atoms with Crippen LogP contribution < -0.4 is 15.5 Å². The minimum absolute atomic E-state index is 0.0562. The molecule has 3 rings (SSSR count). The number of aliphatic carboxylic acids is 1. The van der Waals surface area contributed by atoms with Gasteiger partial charge in [-0.2, -0.15) is 0 Å². The van der Waals surface area contributed by atoms with Gasteiger partial charge in [0, 0.05) is 24.8 Å². The summed E-state index contributed by atoms with van der Waals surface area (Å²) >= 11 is 2.40. The average Bonchev–Trinajstić information content (AvgIpc) is 3.35. The number of aromatic nitrogens is 1. The fraction of sp³-hybridized carbons (Fsp3) is 0.333. The second-order valence-electron chi connectivity index (χ2n) is 6.38. The Labute approximate surface area is 170 Å². The zero-order chi connectivity index (χ0) is 20.1. The van der Waals surface area contributed by atoms with Crippen molar-refractivity contribution in [2.24, 2.45) is 5.92 Å². The maximum Gasteiger partial charge on any atom is 0.328 e. The molecule has 148 valence electrons. The van der Waals surface area contributed by atoms with Gasteiger partial charge in [-0.3, -0.25) is 19.8 Å². The normalized spacial score (nSPS) is 13.0. The first-order valence-electron chi connectivity index (χ1n) is 8.67. The molecule has 1 aliphatic rings. The largest absolute Gasteiger partial charge is 0.481 e. The summed E-state index contributed by atoms with van der Waals surface area (Å²) in [6.45, 7) is 2.02. The van der Waals surface area contributed by atoms with Crippen LogP contribution in [0.4, 0.5) is 21.3 Å². The Bertz CT molecular complexity index is 882. The molecule has 1 aliphatic carbocycles. The standard InChI is InChI=1S/C18H20N4O4S2/c1-11(23)20-13-3-2-4-14(7-13)22(9-12-5-6-12)18(26)21-17-19-8-16(28-17)27-10-15(24)25/h2-4,7-8,12H,5-6,9-10H2,1H3,(H,20,23)(H,24,25)(H,19,21,26). The van der Waals surface area contributed by atoms with Gasteiger partial charge in [0.15, 0.2) is 5.13 Å². The van der Waals surface area contributed by atoms with Crippen LogP contribution in [0.3, 0.4) is 0 Å². The van der Waals surface area contributed by atoms with E-state index < -0.39 is 5.97 Å². The van der Waals surface area contributed by atoms with Crippen molar-refractivity contribution in [3.63, 3.8) is 0 Å². The van der Waals surface area contributed by atoms with E-state index in [4.69, 9.17) is 5.11 Å². The van der Waals surface area contributed by atoms with E-state index in [1.807, 2.05) is 6.07 Å². The molecule has 0 atom stereocenters. The lowest BCUT2D eigenvalue weighted by atomic mass is 10.2. The molecule has 0 spiro atoms. The molecule has 1 saturated carbocycles. The number of benzene rings is 1. The highest BCUT2D eigenvalue weighted by molar-refractivity contribution is 8.01. The lowest BCUT2D eigenvalue weighted by Gasteiger charge is -2.23. The number of amides is 3. The van der Waals surface area contributed by atoms with Crippen LogP contribution in [-0.4, -0.2) is 40.3 Å². The number of carbonyl (C=O) groups is 3. The van der Waals surface area contributed by atoms with Gasteiger partial charge in [-0.25, -0.2) is 9.78 Å². The summed E-state index contributed by atoms with van der Waals surface area (Å²) in [6.07, 6.45) is 3.72. The summed E-state index contributed by atoms with van der Waals surface area (Å²) < 4.78 is 0.721. The monoisotopic (exact) mass is 420 g/mol. The van der Waals surface area contributed by atoms with Crippen molar-refractivity contribution < 1.29 is 19.5 Å². The smallest absolute Gasteiger partial charge is 0.328 e. The van der Waals surface area contributed by atoms with Crippen molar-refractivity contribution in [3.05, 3.63) is 30.5 Å². The van der Waals surface area contributed by atoms with Gasteiger partial charge in [0.1, 0.15) is 0 Å². The molecule has 0 unspecified atom stereocenters. The number of urea groups is 1. The van der Waals surface area contributed by atoms with Crippen LogP contribution in [-0.2, 0) is 9.59 Å². The molecule has 3 amide bonds. The second-order valence-corrected chi connectivity index (χ2v) is 8.69. The SMILES string of the molecule is CC(=O)Nc1cccc(N(CC2CC2)C(=O)Nc2ncc(SCC(=O)O)s2)c1. The number of nitrogens with zero attached hydrogens (tertiary/aromatic N) is 2. The van der Waals surface area contributed by atoms with E-state index in [1.165, 1.54) is 18.3 Å². The summed E-state index contributed by atoms with van der Waals surface area (Å²) in [7, 11) is 0. The molecule has 1 aromatic carbocycles. The zero-order valence-corrected chi connectivity index (χ0v) is 16.8. The first-order chi connectivity index (χ1) is 13.4. The Balaban J connectivity index is 1.71. The third-order valence-corrected chi connectivity index (χ3v) is 5.99. The number of thiazole rings is 1. The van der Waals surface area contributed by atoms with Crippen molar-refractivity contribution in [1.29, 1.82) is 0 Å². The van der Waals surface area contributed by atoms with Gasteiger partial charge in [-0.15, -0.1) is 11.8 Å². The number of rotatable bonds is 8. The predicted molar refractivity (Wildman–Crippen MR) is 110 cm³/mol. The molecule has 1 aromatic heterocycles. The molecule has 3 N–H and O–H groups in total. The summed E-state index contributed by atoms with van der Waals surface area (Å²) in [5, 5.41) is 14.7. The maximum absolute atomic E-state index is 12.9. The Morgan fingerprint density at radius 1 is 1.32 bits per heavy atom. The van der Waals surface area contributed by atoms with Crippen molar-refractivity contribution in [3.8, 4) is 0 Å². The molecule has 8 nitrogen and oxygen atoms in total. The summed E-state index contributed by atoms with van der Waals surface area (Å²) in [5.74, 6) is -0.671. The van der Waals surface area contributed by atoms with Crippen molar-refractivity contribution in [1.82, 2.24) is 4.98 Å². The predicted octanol–water partition coefficient (Wildman–Crippen LogP) is 3.73. The quantitative estimate of drug-likeness (QED) is 0.561. The van der Waals surface area contributed by atoms with E-state index in [9.17, 15) is 14.4 Å². The molecule has 28 heavy (non-hydrogen) atoms. The number of hydrogen-bond acceptors (Lipinski definition) is 6. The number of anilines is 3. The van der Waals surface area contributed by atoms with Gasteiger partial charge in [0.2, 0.25) is 5.91 Å². The van der Waals surface area contributed by atoms with Crippen LogP contribution in [0.25, 0.3) is 0 Å². The lowest BCUT2D eigenvalue weighted by molar-refractivity contribution is -0.133. The highest BCUT2D eigenvalue weighted by Crippen LogP contribution is 2.33. The number of carboxylic acid groups (broad SMARTS) is 1. The van der Waals surface area contributed by atoms with Gasteiger partial charge in [0.05, 0.1) is 16.2 Å². The van der Waals surface area contributed by atoms with Crippen molar-refractivity contribution >= 4 is 57.5 Å². The Hall–Kier alpha value is -2.59. The molecule has 2 aromatic rings. The molecular formula is C18H20N4O4S2. The summed E-state index contributed by atoms with van der Waals surface area (Å²) in [5.41, 5.74) is 1.31. The fourth-order valence-corrected chi connectivity index (χ4v) is 4.08. The number of nitrogens with one attached hydrogen (secondary N) is 2. The molecule has 10 heteroatoms. The van der Waals surface area contributed by atoms with Gasteiger partial charge in [-0.1, -0.05) is 17.4 Å². The van der Waals surface area contributed by atoms with Crippen LogP contribution in [0.5, 0.6) is 0 Å². The van der Waals surface area contributed by atoms with Crippen molar-refractivity contribution in [2.45, 2.75) is 24.0 Å². The third-order valence-electron chi connectivity index (χ3n) is 3.90. The van der Waals surface area contributed by atoms with Crippen LogP contribution in [0, 0.1) is 5.92 Å². The summed E-state index contributed by atoms with van der Waals surface area (Å²) in [6, 6.07) is 6.83. The molecule has 1 fully saturated rings. The maximum atomic E-state index is 12.9. The summed E-state index contributed by atoms with van der Waals surface area (Å²) in [4.78, 5) is 40.6. The highest BCUT2D eigenvalue weighted by atomic mass is 32.2. The topological polar surface area (TPSA) is 112 Å². The van der Waals surface area contributed by atoms with Gasteiger partial charge >= 0.3 is 12.0 Å². The van der Waals surface area contributed by atoms with E-state index in [-0.39, 0.29) is 17.7 Å². The van der Waals surface area contributed by atoms with Crippen LogP contribution in [0.1, 0.15) is 19.8 Å². The fourth-order valence-electron chi connectivity index (χ4n) is 2.49. The Morgan fingerprint density at radius 2 is 2.11 bits per heavy atom. The number of carboxylic acids is 1. The Kier molecular flexibility index (Phi) is 6.53. The van der Waals surface area contributed by atoms with Gasteiger partial charge < -0.3 is 10.4 Å². The van der Waals surface area contributed by atoms with E-state index in [2.05, 4.69) is 15.6 Å². The van der Waals surface area contributed by atoms with E-state index in [0.717, 1.165) is 28.8 Å². The van der Waals surface area contributed by atoms with Gasteiger partial charge in [-0.05, 0) is 37.0 Å². The number of carbonyl (C=O) groups excluding carboxylic acids is 2. The third kappa shape index (κ3) is 5.96. The Morgan fingerprint density at radius 3 is 2.79 bits per heavy atom. The first-order valence-corrected chi connectivity index (χ1v) is 10.5. The highest BCUT2D eigenvalue weighted by Gasteiger charge is 2.28.